The maximum atomic E-state index is 11.5. The van der Waals surface area contributed by atoms with E-state index in [2.05, 4.69) is 20.9 Å². The van der Waals surface area contributed by atoms with Gasteiger partial charge in [-0.2, -0.15) is 5.10 Å². The number of nitrogens with one attached hydrogen (secondary N) is 4. The van der Waals surface area contributed by atoms with E-state index < -0.39 is 17.2 Å². The number of hydrogen-bond acceptors (Lipinski definition) is 6. The van der Waals surface area contributed by atoms with Crippen molar-refractivity contribution in [3.8, 4) is 0 Å². The quantitative estimate of drug-likeness (QED) is 0.415. The van der Waals surface area contributed by atoms with Crippen molar-refractivity contribution in [3.63, 3.8) is 0 Å². The zero-order valence-electron chi connectivity index (χ0n) is 10.8. The number of hydrazone groups is 1. The minimum absolute atomic E-state index is 0.156. The molecule has 2 aromatic rings. The van der Waals surface area contributed by atoms with Crippen molar-refractivity contribution in [2.24, 2.45) is 5.10 Å². The van der Waals surface area contributed by atoms with Gasteiger partial charge in [0.25, 0.3) is 11.5 Å². The molecule has 9 nitrogen and oxygen atoms in total. The zero-order valence-corrected chi connectivity index (χ0v) is 10.8. The van der Waals surface area contributed by atoms with Gasteiger partial charge in [0.15, 0.2) is 0 Å². The molecule has 0 radical (unpaired) electrons. The summed E-state index contributed by atoms with van der Waals surface area (Å²) in [6.45, 7) is -0.214. The molecule has 108 valence electrons. The van der Waals surface area contributed by atoms with Gasteiger partial charge in [-0.25, -0.2) is 15.3 Å². The van der Waals surface area contributed by atoms with Gasteiger partial charge in [-0.05, 0) is 5.56 Å². The Kier molecular flexibility index (Phi) is 4.59. The lowest BCUT2D eigenvalue weighted by molar-refractivity contribution is -0.119. The van der Waals surface area contributed by atoms with Crippen molar-refractivity contribution >= 4 is 17.9 Å². The Balaban J connectivity index is 1.84. The monoisotopic (exact) mass is 288 g/mol. The van der Waals surface area contributed by atoms with Crippen LogP contribution in [0.5, 0.6) is 0 Å². The van der Waals surface area contributed by atoms with Crippen LogP contribution in [0.1, 0.15) is 5.56 Å². The molecule has 4 N–H and O–H groups in total. The Morgan fingerprint density at radius 2 is 2.05 bits per heavy atom. The van der Waals surface area contributed by atoms with E-state index in [1.54, 1.807) is 0 Å². The van der Waals surface area contributed by atoms with Gasteiger partial charge in [0.05, 0.1) is 12.8 Å². The molecule has 0 unspecified atom stereocenters. The van der Waals surface area contributed by atoms with E-state index in [-0.39, 0.29) is 12.4 Å². The number of carbonyl (C=O) groups excluding carboxylic acids is 1. The first-order valence-corrected chi connectivity index (χ1v) is 5.95. The standard InChI is InChI=1S/C12H12N6O3/c19-9(16-14-6-8-4-2-1-3-5-8)7-13-10-11(20)15-12(21)18-17-10/h1-6H,7H2,(H,13,17)(H,16,19)(H2,15,18,20,21)/b14-6-. The lowest BCUT2D eigenvalue weighted by Crippen LogP contribution is -2.31. The fourth-order valence-electron chi connectivity index (χ4n) is 1.39. The molecule has 0 aliphatic rings. The SMILES string of the molecule is O=C(CNc1n[nH]c(=O)[nH]c1=O)N/N=C\c1ccccc1. The second kappa shape index (κ2) is 6.80. The summed E-state index contributed by atoms with van der Waals surface area (Å²) < 4.78 is 0. The van der Waals surface area contributed by atoms with Crippen molar-refractivity contribution < 1.29 is 4.79 Å². The number of rotatable bonds is 5. The van der Waals surface area contributed by atoms with Crippen LogP contribution in [0.4, 0.5) is 5.82 Å². The first-order chi connectivity index (χ1) is 10.1. The lowest BCUT2D eigenvalue weighted by atomic mass is 10.2. The van der Waals surface area contributed by atoms with Gasteiger partial charge in [0.2, 0.25) is 5.82 Å². The predicted molar refractivity (Wildman–Crippen MR) is 76.1 cm³/mol. The van der Waals surface area contributed by atoms with E-state index in [1.807, 2.05) is 40.4 Å². The number of benzene rings is 1. The number of carbonyl (C=O) groups is 1. The Hall–Kier alpha value is -3.23. The average Bonchev–Trinajstić information content (AvgIpc) is 2.47. The van der Waals surface area contributed by atoms with Crippen molar-refractivity contribution in [2.45, 2.75) is 0 Å². The lowest BCUT2D eigenvalue weighted by Gasteiger charge is -2.02. The predicted octanol–water partition coefficient (Wildman–Crippen LogP) is -0.980. The van der Waals surface area contributed by atoms with Gasteiger partial charge >= 0.3 is 5.69 Å². The number of anilines is 1. The summed E-state index contributed by atoms with van der Waals surface area (Å²) >= 11 is 0. The molecule has 1 aromatic heterocycles. The van der Waals surface area contributed by atoms with Gasteiger partial charge in [-0.15, -0.1) is 5.10 Å². The van der Waals surface area contributed by atoms with Crippen molar-refractivity contribution in [1.29, 1.82) is 0 Å². The molecule has 0 atom stereocenters. The molecule has 0 saturated carbocycles. The van der Waals surface area contributed by atoms with Gasteiger partial charge < -0.3 is 5.32 Å². The number of aromatic amines is 2. The fraction of sp³-hybridized carbons (Fsp3) is 0.0833. The van der Waals surface area contributed by atoms with Crippen LogP contribution in [0.25, 0.3) is 0 Å². The van der Waals surface area contributed by atoms with Crippen LogP contribution in [-0.2, 0) is 4.79 Å². The number of amides is 1. The van der Waals surface area contributed by atoms with Crippen LogP contribution in [-0.4, -0.2) is 33.8 Å². The molecule has 0 fully saturated rings. The number of H-pyrrole nitrogens is 2. The summed E-state index contributed by atoms with van der Waals surface area (Å²) in [5.74, 6) is -0.619. The number of hydrogen-bond donors (Lipinski definition) is 4. The van der Waals surface area contributed by atoms with Crippen molar-refractivity contribution in [2.75, 3.05) is 11.9 Å². The maximum absolute atomic E-state index is 11.5. The van der Waals surface area contributed by atoms with E-state index in [9.17, 15) is 14.4 Å². The second-order valence-electron chi connectivity index (χ2n) is 3.91. The topological polar surface area (TPSA) is 132 Å². The molecule has 0 aliphatic heterocycles. The molecule has 21 heavy (non-hydrogen) atoms. The summed E-state index contributed by atoms with van der Waals surface area (Å²) in [6, 6.07) is 9.22. The van der Waals surface area contributed by atoms with E-state index >= 15 is 0 Å². The van der Waals surface area contributed by atoms with E-state index in [1.165, 1.54) is 6.21 Å². The Morgan fingerprint density at radius 3 is 2.76 bits per heavy atom. The van der Waals surface area contributed by atoms with Crippen molar-refractivity contribution in [3.05, 3.63) is 56.7 Å². The molecule has 9 heteroatoms. The minimum atomic E-state index is -0.720. The highest BCUT2D eigenvalue weighted by Gasteiger charge is 2.04. The smallest absolute Gasteiger partial charge is 0.342 e. The van der Waals surface area contributed by atoms with Gasteiger partial charge in [0, 0.05) is 0 Å². The molecule has 2 rings (SSSR count). The summed E-state index contributed by atoms with van der Waals surface area (Å²) in [6.07, 6.45) is 1.49. The van der Waals surface area contributed by atoms with Crippen LogP contribution in [0, 0.1) is 0 Å². The van der Waals surface area contributed by atoms with E-state index in [0.717, 1.165) is 5.56 Å². The molecule has 0 spiro atoms. The first-order valence-electron chi connectivity index (χ1n) is 5.95. The second-order valence-corrected chi connectivity index (χ2v) is 3.91. The first kappa shape index (κ1) is 14.2. The third kappa shape index (κ3) is 4.42. The summed E-state index contributed by atoms with van der Waals surface area (Å²) in [5, 5.41) is 11.8. The van der Waals surface area contributed by atoms with Crippen LogP contribution < -0.4 is 22.0 Å². The normalized spacial score (nSPS) is 10.5. The average molecular weight is 288 g/mol. The van der Waals surface area contributed by atoms with Crippen LogP contribution in [0.15, 0.2) is 45.0 Å². The minimum Gasteiger partial charge on any atom is -0.355 e. The Labute approximate surface area is 118 Å². The third-order valence-electron chi connectivity index (χ3n) is 2.33. The largest absolute Gasteiger partial charge is 0.355 e. The highest BCUT2D eigenvalue weighted by molar-refractivity contribution is 5.84. The Bertz CT molecular complexity index is 749. The molecular formula is C12H12N6O3. The summed E-state index contributed by atoms with van der Waals surface area (Å²) in [7, 11) is 0. The molecule has 0 bridgehead atoms. The van der Waals surface area contributed by atoms with Crippen LogP contribution in [0.3, 0.4) is 0 Å². The number of aromatic nitrogens is 3. The van der Waals surface area contributed by atoms with Crippen LogP contribution in [0.2, 0.25) is 0 Å². The number of nitrogens with zero attached hydrogens (tertiary/aromatic N) is 2. The van der Waals surface area contributed by atoms with Crippen LogP contribution >= 0.6 is 0 Å². The summed E-state index contributed by atoms with van der Waals surface area (Å²) in [4.78, 5) is 35.5. The molecule has 1 aromatic carbocycles. The van der Waals surface area contributed by atoms with Gasteiger partial charge in [0.1, 0.15) is 0 Å². The van der Waals surface area contributed by atoms with E-state index in [0.29, 0.717) is 0 Å². The molecule has 1 amide bonds. The fourth-order valence-corrected chi connectivity index (χ4v) is 1.39. The third-order valence-corrected chi connectivity index (χ3v) is 2.33. The molecule has 1 heterocycles. The van der Waals surface area contributed by atoms with Gasteiger partial charge in [-0.3, -0.25) is 14.6 Å². The van der Waals surface area contributed by atoms with E-state index in [4.69, 9.17) is 0 Å². The molecule has 0 saturated heterocycles. The highest BCUT2D eigenvalue weighted by Crippen LogP contribution is 1.93. The molecular weight excluding hydrogens is 276 g/mol. The van der Waals surface area contributed by atoms with Crippen molar-refractivity contribution in [1.82, 2.24) is 20.6 Å². The zero-order chi connectivity index (χ0) is 15.1. The maximum Gasteiger partial charge on any atom is 0.342 e. The highest BCUT2D eigenvalue weighted by atomic mass is 16.2. The Morgan fingerprint density at radius 1 is 1.29 bits per heavy atom. The summed E-state index contributed by atoms with van der Waals surface area (Å²) in [5.41, 5.74) is 1.70. The van der Waals surface area contributed by atoms with Gasteiger partial charge in [-0.1, -0.05) is 30.3 Å². The molecule has 0 aliphatic carbocycles.